The SMILES string of the molecule is Cc1ccccc1CNC(=O)C(C)Oc1ccc(F)cc1. The van der Waals surface area contributed by atoms with Crippen LogP contribution in [0.25, 0.3) is 0 Å². The molecule has 0 aromatic heterocycles. The van der Waals surface area contributed by atoms with Gasteiger partial charge in [0, 0.05) is 6.54 Å². The van der Waals surface area contributed by atoms with E-state index in [4.69, 9.17) is 4.74 Å². The average Bonchev–Trinajstić information content (AvgIpc) is 2.48. The minimum atomic E-state index is -0.639. The molecule has 21 heavy (non-hydrogen) atoms. The molecule has 0 saturated carbocycles. The van der Waals surface area contributed by atoms with Crippen molar-refractivity contribution in [3.63, 3.8) is 0 Å². The van der Waals surface area contributed by atoms with Gasteiger partial charge in [0.15, 0.2) is 6.10 Å². The molecule has 0 aliphatic heterocycles. The number of carbonyl (C=O) groups excluding carboxylic acids is 1. The van der Waals surface area contributed by atoms with E-state index in [1.807, 2.05) is 31.2 Å². The number of aryl methyl sites for hydroxylation is 1. The van der Waals surface area contributed by atoms with Crippen molar-refractivity contribution >= 4 is 5.91 Å². The van der Waals surface area contributed by atoms with Gasteiger partial charge in [-0.05, 0) is 49.2 Å². The summed E-state index contributed by atoms with van der Waals surface area (Å²) >= 11 is 0. The Hall–Kier alpha value is -2.36. The molecule has 0 saturated heterocycles. The molecule has 110 valence electrons. The summed E-state index contributed by atoms with van der Waals surface area (Å²) in [5.74, 6) is -0.0727. The van der Waals surface area contributed by atoms with Crippen molar-refractivity contribution in [1.29, 1.82) is 0 Å². The standard InChI is InChI=1S/C17H18FNO2/c1-12-5-3-4-6-14(12)11-19-17(20)13(2)21-16-9-7-15(18)8-10-16/h3-10,13H,11H2,1-2H3,(H,19,20). The molecule has 0 radical (unpaired) electrons. The van der Waals surface area contributed by atoms with Crippen molar-refractivity contribution in [3.05, 3.63) is 65.5 Å². The summed E-state index contributed by atoms with van der Waals surface area (Å²) in [6, 6.07) is 13.5. The van der Waals surface area contributed by atoms with Gasteiger partial charge in [0.1, 0.15) is 11.6 Å². The van der Waals surface area contributed by atoms with E-state index in [9.17, 15) is 9.18 Å². The van der Waals surface area contributed by atoms with Gasteiger partial charge in [-0.15, -0.1) is 0 Å². The van der Waals surface area contributed by atoms with Crippen molar-refractivity contribution in [2.24, 2.45) is 0 Å². The smallest absolute Gasteiger partial charge is 0.261 e. The van der Waals surface area contributed by atoms with E-state index in [-0.39, 0.29) is 11.7 Å². The Morgan fingerprint density at radius 1 is 1.19 bits per heavy atom. The number of hydrogen-bond donors (Lipinski definition) is 1. The second-order valence-corrected chi connectivity index (χ2v) is 4.86. The molecular weight excluding hydrogens is 269 g/mol. The topological polar surface area (TPSA) is 38.3 Å². The number of benzene rings is 2. The highest BCUT2D eigenvalue weighted by Crippen LogP contribution is 2.13. The third kappa shape index (κ3) is 4.31. The number of halogens is 1. The van der Waals surface area contributed by atoms with Crippen LogP contribution in [0.5, 0.6) is 5.75 Å². The third-order valence-electron chi connectivity index (χ3n) is 3.21. The normalized spacial score (nSPS) is 11.8. The Labute approximate surface area is 123 Å². The molecule has 2 aromatic rings. The Morgan fingerprint density at radius 3 is 2.52 bits per heavy atom. The molecule has 0 heterocycles. The van der Waals surface area contributed by atoms with Gasteiger partial charge in [0.2, 0.25) is 0 Å². The van der Waals surface area contributed by atoms with Crippen LogP contribution in [0.1, 0.15) is 18.1 Å². The first-order chi connectivity index (χ1) is 10.1. The summed E-state index contributed by atoms with van der Waals surface area (Å²) in [6.07, 6.45) is -0.639. The molecule has 3 nitrogen and oxygen atoms in total. The quantitative estimate of drug-likeness (QED) is 0.917. The molecule has 0 aliphatic rings. The van der Waals surface area contributed by atoms with Gasteiger partial charge in [-0.2, -0.15) is 0 Å². The molecule has 0 bridgehead atoms. The zero-order valence-corrected chi connectivity index (χ0v) is 12.1. The van der Waals surface area contributed by atoms with Crippen molar-refractivity contribution in [2.45, 2.75) is 26.5 Å². The first-order valence-corrected chi connectivity index (χ1v) is 6.80. The molecule has 1 N–H and O–H groups in total. The lowest BCUT2D eigenvalue weighted by atomic mass is 10.1. The van der Waals surface area contributed by atoms with E-state index in [0.29, 0.717) is 12.3 Å². The molecule has 2 rings (SSSR count). The Kier molecular flexibility index (Phi) is 4.93. The molecule has 4 heteroatoms. The molecule has 0 fully saturated rings. The predicted molar refractivity (Wildman–Crippen MR) is 79.5 cm³/mol. The Bertz CT molecular complexity index is 610. The number of amides is 1. The number of ether oxygens (including phenoxy) is 1. The average molecular weight is 287 g/mol. The van der Waals surface area contributed by atoms with Crippen LogP contribution >= 0.6 is 0 Å². The van der Waals surface area contributed by atoms with Crippen molar-refractivity contribution in [1.82, 2.24) is 5.32 Å². The van der Waals surface area contributed by atoms with Crippen LogP contribution in [-0.4, -0.2) is 12.0 Å². The number of nitrogens with one attached hydrogen (secondary N) is 1. The maximum atomic E-state index is 12.8. The maximum absolute atomic E-state index is 12.8. The fourth-order valence-corrected chi connectivity index (χ4v) is 1.91. The van der Waals surface area contributed by atoms with Crippen LogP contribution in [-0.2, 0) is 11.3 Å². The van der Waals surface area contributed by atoms with Gasteiger partial charge in [-0.3, -0.25) is 4.79 Å². The molecule has 2 aromatic carbocycles. The van der Waals surface area contributed by atoms with Crippen LogP contribution in [0.15, 0.2) is 48.5 Å². The highest BCUT2D eigenvalue weighted by atomic mass is 19.1. The predicted octanol–water partition coefficient (Wildman–Crippen LogP) is 3.22. The van der Waals surface area contributed by atoms with Crippen LogP contribution in [0.4, 0.5) is 4.39 Å². The van der Waals surface area contributed by atoms with E-state index >= 15 is 0 Å². The fourth-order valence-electron chi connectivity index (χ4n) is 1.91. The second kappa shape index (κ2) is 6.88. The summed E-state index contributed by atoms with van der Waals surface area (Å²) in [5.41, 5.74) is 2.20. The molecule has 1 unspecified atom stereocenters. The monoisotopic (exact) mass is 287 g/mol. The molecule has 0 aliphatic carbocycles. The Balaban J connectivity index is 1.88. The lowest BCUT2D eigenvalue weighted by Gasteiger charge is -2.15. The molecule has 1 atom stereocenters. The van der Waals surface area contributed by atoms with Gasteiger partial charge >= 0.3 is 0 Å². The van der Waals surface area contributed by atoms with Gasteiger partial charge < -0.3 is 10.1 Å². The van der Waals surface area contributed by atoms with Crippen LogP contribution in [0, 0.1) is 12.7 Å². The first-order valence-electron chi connectivity index (χ1n) is 6.80. The van der Waals surface area contributed by atoms with E-state index in [0.717, 1.165) is 11.1 Å². The van der Waals surface area contributed by atoms with E-state index in [1.54, 1.807) is 6.92 Å². The highest BCUT2D eigenvalue weighted by molar-refractivity contribution is 5.80. The highest BCUT2D eigenvalue weighted by Gasteiger charge is 2.14. The van der Waals surface area contributed by atoms with Crippen molar-refractivity contribution in [2.75, 3.05) is 0 Å². The molecule has 1 amide bonds. The van der Waals surface area contributed by atoms with E-state index in [2.05, 4.69) is 5.32 Å². The van der Waals surface area contributed by atoms with E-state index in [1.165, 1.54) is 24.3 Å². The first kappa shape index (κ1) is 15.0. The minimum Gasteiger partial charge on any atom is -0.481 e. The van der Waals surface area contributed by atoms with Crippen LogP contribution in [0.2, 0.25) is 0 Å². The zero-order valence-electron chi connectivity index (χ0n) is 12.1. The number of rotatable bonds is 5. The lowest BCUT2D eigenvalue weighted by Crippen LogP contribution is -2.36. The maximum Gasteiger partial charge on any atom is 0.261 e. The van der Waals surface area contributed by atoms with Gasteiger partial charge in [-0.25, -0.2) is 4.39 Å². The van der Waals surface area contributed by atoms with Crippen molar-refractivity contribution in [3.8, 4) is 5.75 Å². The van der Waals surface area contributed by atoms with Crippen molar-refractivity contribution < 1.29 is 13.9 Å². The van der Waals surface area contributed by atoms with Gasteiger partial charge in [0.25, 0.3) is 5.91 Å². The lowest BCUT2D eigenvalue weighted by molar-refractivity contribution is -0.127. The second-order valence-electron chi connectivity index (χ2n) is 4.86. The largest absolute Gasteiger partial charge is 0.481 e. The van der Waals surface area contributed by atoms with E-state index < -0.39 is 6.10 Å². The van der Waals surface area contributed by atoms with Gasteiger partial charge in [-0.1, -0.05) is 24.3 Å². The number of hydrogen-bond acceptors (Lipinski definition) is 2. The van der Waals surface area contributed by atoms with Crippen LogP contribution < -0.4 is 10.1 Å². The van der Waals surface area contributed by atoms with Gasteiger partial charge in [0.05, 0.1) is 0 Å². The molecule has 0 spiro atoms. The summed E-state index contributed by atoms with van der Waals surface area (Å²) in [4.78, 5) is 12.0. The third-order valence-corrected chi connectivity index (χ3v) is 3.21. The number of carbonyl (C=O) groups is 1. The summed E-state index contributed by atoms with van der Waals surface area (Å²) < 4.78 is 18.3. The summed E-state index contributed by atoms with van der Waals surface area (Å²) in [7, 11) is 0. The fraction of sp³-hybridized carbons (Fsp3) is 0.235. The summed E-state index contributed by atoms with van der Waals surface area (Å²) in [6.45, 7) is 4.12. The summed E-state index contributed by atoms with van der Waals surface area (Å²) in [5, 5.41) is 2.83. The minimum absolute atomic E-state index is 0.206. The Morgan fingerprint density at radius 2 is 1.86 bits per heavy atom. The zero-order chi connectivity index (χ0) is 15.2. The van der Waals surface area contributed by atoms with Crippen LogP contribution in [0.3, 0.4) is 0 Å². The molecular formula is C17H18FNO2.